The Morgan fingerprint density at radius 2 is 2.27 bits per heavy atom. The van der Waals surface area contributed by atoms with Crippen molar-refractivity contribution in [2.75, 3.05) is 0 Å². The average Bonchev–Trinajstić information content (AvgIpc) is 1.99. The van der Waals surface area contributed by atoms with Crippen LogP contribution in [0.4, 0.5) is 4.79 Å². The van der Waals surface area contributed by atoms with E-state index in [4.69, 9.17) is 10.5 Å². The van der Waals surface area contributed by atoms with Gasteiger partial charge in [-0.3, -0.25) is 4.79 Å². The Hall–Kier alpha value is -1.06. The summed E-state index contributed by atoms with van der Waals surface area (Å²) in [6, 6.07) is 0. The lowest BCUT2D eigenvalue weighted by Crippen LogP contribution is -2.34. The van der Waals surface area contributed by atoms with Crippen LogP contribution in [0.2, 0.25) is 0 Å². The van der Waals surface area contributed by atoms with Gasteiger partial charge in [-0.25, -0.2) is 4.79 Å². The molecule has 0 aromatic heterocycles. The van der Waals surface area contributed by atoms with Gasteiger partial charge in [0.1, 0.15) is 11.4 Å². The molecule has 1 unspecified atom stereocenters. The molecule has 2 N–H and O–H groups in total. The molecular formula is C11H19NO3. The molecule has 86 valence electrons. The number of nitrogens with two attached hydrogens (primary N) is 1. The molecule has 0 aliphatic heterocycles. The molecule has 0 aromatic carbocycles. The van der Waals surface area contributed by atoms with Crippen LogP contribution < -0.4 is 5.73 Å². The summed E-state index contributed by atoms with van der Waals surface area (Å²) in [6.45, 7) is 3.66. The van der Waals surface area contributed by atoms with Gasteiger partial charge in [0, 0.05) is 12.8 Å². The van der Waals surface area contributed by atoms with Crippen LogP contribution in [0.3, 0.4) is 0 Å². The zero-order valence-electron chi connectivity index (χ0n) is 9.41. The first kappa shape index (κ1) is 12.0. The topological polar surface area (TPSA) is 69.4 Å². The Labute approximate surface area is 90.2 Å². The van der Waals surface area contributed by atoms with Crippen LogP contribution in [0, 0.1) is 5.92 Å². The molecule has 0 spiro atoms. The smallest absolute Gasteiger partial charge is 0.405 e. The van der Waals surface area contributed by atoms with E-state index in [0.29, 0.717) is 31.0 Å². The largest absolute Gasteiger partial charge is 0.444 e. The minimum absolute atomic E-state index is 0.320. The number of carbonyl (C=O) groups excluding carboxylic acids is 2. The van der Waals surface area contributed by atoms with Crippen LogP contribution in [-0.2, 0) is 9.53 Å². The maximum Gasteiger partial charge on any atom is 0.405 e. The summed E-state index contributed by atoms with van der Waals surface area (Å²) in [5, 5.41) is 0. The van der Waals surface area contributed by atoms with E-state index in [1.165, 1.54) is 0 Å². The number of hydrogen-bond acceptors (Lipinski definition) is 3. The normalized spacial score (nSPS) is 22.5. The lowest BCUT2D eigenvalue weighted by Gasteiger charge is -2.30. The van der Waals surface area contributed by atoms with Crippen LogP contribution in [0.5, 0.6) is 0 Å². The second kappa shape index (κ2) is 4.64. The molecule has 4 heteroatoms. The van der Waals surface area contributed by atoms with Gasteiger partial charge in [0.15, 0.2) is 0 Å². The Morgan fingerprint density at radius 3 is 2.80 bits per heavy atom. The number of ketones is 1. The standard InChI is InChI=1S/C11H19NO3/c1-11(2,15-10(12)14)7-8-4-3-5-9(13)6-8/h8H,3-7H2,1-2H3,(H2,12,14). The zero-order chi connectivity index (χ0) is 11.5. The summed E-state index contributed by atoms with van der Waals surface area (Å²) in [7, 11) is 0. The highest BCUT2D eigenvalue weighted by Gasteiger charge is 2.29. The Balaban J connectivity index is 2.45. The highest BCUT2D eigenvalue weighted by atomic mass is 16.6. The van der Waals surface area contributed by atoms with Crippen LogP contribution in [0.15, 0.2) is 0 Å². The maximum absolute atomic E-state index is 11.2. The quantitative estimate of drug-likeness (QED) is 0.779. The van der Waals surface area contributed by atoms with Crippen LogP contribution in [0.1, 0.15) is 46.0 Å². The first-order valence-electron chi connectivity index (χ1n) is 5.39. The number of carbonyl (C=O) groups is 2. The van der Waals surface area contributed by atoms with Gasteiger partial charge in [-0.2, -0.15) is 0 Å². The number of amides is 1. The van der Waals surface area contributed by atoms with Crippen molar-refractivity contribution in [2.45, 2.75) is 51.6 Å². The van der Waals surface area contributed by atoms with Gasteiger partial charge in [-0.1, -0.05) is 0 Å². The second-order valence-electron chi connectivity index (χ2n) is 4.89. The van der Waals surface area contributed by atoms with Crippen molar-refractivity contribution >= 4 is 11.9 Å². The van der Waals surface area contributed by atoms with Crippen molar-refractivity contribution in [3.63, 3.8) is 0 Å². The highest BCUT2D eigenvalue weighted by Crippen LogP contribution is 2.30. The van der Waals surface area contributed by atoms with Gasteiger partial charge in [0.2, 0.25) is 0 Å². The van der Waals surface area contributed by atoms with Crippen molar-refractivity contribution in [3.8, 4) is 0 Å². The van der Waals surface area contributed by atoms with E-state index in [2.05, 4.69) is 0 Å². The first-order chi connectivity index (χ1) is 6.89. The maximum atomic E-state index is 11.2. The molecule has 1 aliphatic carbocycles. The molecule has 4 nitrogen and oxygen atoms in total. The minimum atomic E-state index is -0.748. The molecule has 0 heterocycles. The number of rotatable bonds is 3. The molecule has 1 fully saturated rings. The van der Waals surface area contributed by atoms with Crippen molar-refractivity contribution in [2.24, 2.45) is 11.7 Å². The van der Waals surface area contributed by atoms with E-state index in [0.717, 1.165) is 12.8 Å². The Kier molecular flexibility index (Phi) is 3.72. The third kappa shape index (κ3) is 4.32. The predicted molar refractivity (Wildman–Crippen MR) is 56.3 cm³/mol. The average molecular weight is 213 g/mol. The third-order valence-corrected chi connectivity index (χ3v) is 2.74. The molecular weight excluding hydrogens is 194 g/mol. The summed E-state index contributed by atoms with van der Waals surface area (Å²) in [6.07, 6.45) is 3.27. The first-order valence-corrected chi connectivity index (χ1v) is 5.39. The molecule has 15 heavy (non-hydrogen) atoms. The molecule has 0 radical (unpaired) electrons. The van der Waals surface area contributed by atoms with Crippen molar-refractivity contribution in [1.29, 1.82) is 0 Å². The van der Waals surface area contributed by atoms with Gasteiger partial charge in [-0.15, -0.1) is 0 Å². The molecule has 1 aliphatic rings. The molecule has 0 aromatic rings. The lowest BCUT2D eigenvalue weighted by molar-refractivity contribution is -0.122. The molecule has 0 saturated heterocycles. The van der Waals surface area contributed by atoms with Crippen molar-refractivity contribution < 1.29 is 14.3 Å². The van der Waals surface area contributed by atoms with E-state index in [-0.39, 0.29) is 0 Å². The van der Waals surface area contributed by atoms with Crippen LogP contribution in [-0.4, -0.2) is 17.5 Å². The van der Waals surface area contributed by atoms with Crippen molar-refractivity contribution in [3.05, 3.63) is 0 Å². The van der Waals surface area contributed by atoms with Gasteiger partial charge in [-0.05, 0) is 39.0 Å². The number of hydrogen-bond donors (Lipinski definition) is 1. The molecule has 0 bridgehead atoms. The SMILES string of the molecule is CC(C)(CC1CCCC(=O)C1)OC(N)=O. The fourth-order valence-electron chi connectivity index (χ4n) is 2.30. The third-order valence-electron chi connectivity index (χ3n) is 2.74. The summed E-state index contributed by atoms with van der Waals surface area (Å²) in [4.78, 5) is 21.9. The predicted octanol–water partition coefficient (Wildman–Crippen LogP) is 2.01. The van der Waals surface area contributed by atoms with E-state index in [9.17, 15) is 9.59 Å². The van der Waals surface area contributed by atoms with E-state index in [1.54, 1.807) is 0 Å². The fourth-order valence-corrected chi connectivity index (χ4v) is 2.30. The Bertz CT molecular complexity index is 261. The number of Topliss-reactive ketones (excluding diaryl/α,β-unsaturated/α-hetero) is 1. The second-order valence-corrected chi connectivity index (χ2v) is 4.89. The molecule has 1 saturated carbocycles. The van der Waals surface area contributed by atoms with Gasteiger partial charge < -0.3 is 10.5 Å². The van der Waals surface area contributed by atoms with Crippen molar-refractivity contribution in [1.82, 2.24) is 0 Å². The highest BCUT2D eigenvalue weighted by molar-refractivity contribution is 5.79. The summed E-state index contributed by atoms with van der Waals surface area (Å²) < 4.78 is 5.00. The van der Waals surface area contributed by atoms with Gasteiger partial charge in [0.05, 0.1) is 0 Å². The fraction of sp³-hybridized carbons (Fsp3) is 0.818. The number of primary amides is 1. The lowest BCUT2D eigenvalue weighted by atomic mass is 9.81. The van der Waals surface area contributed by atoms with E-state index >= 15 is 0 Å². The van der Waals surface area contributed by atoms with Crippen LogP contribution >= 0.6 is 0 Å². The van der Waals surface area contributed by atoms with E-state index in [1.807, 2.05) is 13.8 Å². The Morgan fingerprint density at radius 1 is 1.60 bits per heavy atom. The molecule has 1 rings (SSSR count). The summed E-state index contributed by atoms with van der Waals surface area (Å²) in [5.41, 5.74) is 4.42. The minimum Gasteiger partial charge on any atom is -0.444 e. The zero-order valence-corrected chi connectivity index (χ0v) is 9.41. The molecule has 1 amide bonds. The number of ether oxygens (including phenoxy) is 1. The molecule has 1 atom stereocenters. The van der Waals surface area contributed by atoms with E-state index < -0.39 is 11.7 Å². The monoisotopic (exact) mass is 213 g/mol. The van der Waals surface area contributed by atoms with Gasteiger partial charge in [0.25, 0.3) is 0 Å². The van der Waals surface area contributed by atoms with Crippen LogP contribution in [0.25, 0.3) is 0 Å². The van der Waals surface area contributed by atoms with Gasteiger partial charge >= 0.3 is 6.09 Å². The summed E-state index contributed by atoms with van der Waals surface area (Å²) in [5.74, 6) is 0.654. The summed E-state index contributed by atoms with van der Waals surface area (Å²) >= 11 is 0.